The number of hydrogen-bond acceptors (Lipinski definition) is 12. The summed E-state index contributed by atoms with van der Waals surface area (Å²) >= 11 is 0. The van der Waals surface area contributed by atoms with Crippen molar-refractivity contribution < 1.29 is 19.7 Å². The molecule has 0 spiro atoms. The molecular weight excluding hydrogens is 444 g/mol. The Morgan fingerprint density at radius 1 is 0.697 bits per heavy atom. The van der Waals surface area contributed by atoms with Gasteiger partial charge in [0.2, 0.25) is 0 Å². The molecule has 0 saturated carbocycles. The molecule has 0 fully saturated rings. The Kier molecular flexibility index (Phi) is 7.24. The maximum atomic E-state index is 11.1. The van der Waals surface area contributed by atoms with Gasteiger partial charge in [0.1, 0.15) is 11.4 Å². The van der Waals surface area contributed by atoms with Crippen molar-refractivity contribution in [2.24, 2.45) is 15.6 Å². The average molecular weight is 460 g/mol. The van der Waals surface area contributed by atoms with E-state index in [0.717, 1.165) is 36.4 Å². The van der Waals surface area contributed by atoms with Crippen molar-refractivity contribution in [3.05, 3.63) is 76.9 Å². The zero-order valence-electron chi connectivity index (χ0n) is 17.1. The number of nitro groups is 4. The van der Waals surface area contributed by atoms with Gasteiger partial charge in [-0.3, -0.25) is 51.3 Å². The molecule has 0 aromatic heterocycles. The number of nitrogens with zero attached hydrogens (tertiary/aromatic N) is 6. The van der Waals surface area contributed by atoms with E-state index in [2.05, 4.69) is 21.1 Å². The smallest absolute Gasteiger partial charge is 0.272 e. The lowest BCUT2D eigenvalue weighted by atomic mass is 9.98. The van der Waals surface area contributed by atoms with Crippen molar-refractivity contribution in [3.63, 3.8) is 0 Å². The van der Waals surface area contributed by atoms with Gasteiger partial charge in [-0.15, -0.1) is 0 Å². The minimum absolute atomic E-state index is 0.0748. The number of benzene rings is 2. The summed E-state index contributed by atoms with van der Waals surface area (Å²) < 4.78 is 0. The van der Waals surface area contributed by atoms with Gasteiger partial charge in [-0.05, 0) is 26.0 Å². The molecule has 2 rings (SSSR count). The van der Waals surface area contributed by atoms with Crippen molar-refractivity contribution in [3.8, 4) is 0 Å². The van der Waals surface area contributed by atoms with Crippen LogP contribution in [-0.4, -0.2) is 32.1 Å². The largest absolute Gasteiger partial charge is 0.301 e. The van der Waals surface area contributed by atoms with Crippen LogP contribution >= 0.6 is 0 Å². The summed E-state index contributed by atoms with van der Waals surface area (Å²) in [7, 11) is 0. The fourth-order valence-electron chi connectivity index (χ4n) is 2.33. The van der Waals surface area contributed by atoms with Crippen LogP contribution in [0.2, 0.25) is 0 Å². The molecule has 0 atom stereocenters. The first-order valence-corrected chi connectivity index (χ1v) is 8.87. The normalized spacial score (nSPS) is 11.5. The summed E-state index contributed by atoms with van der Waals surface area (Å²) in [6.45, 7) is 3.30. The highest BCUT2D eigenvalue weighted by molar-refractivity contribution is 5.89. The van der Waals surface area contributed by atoms with Crippen molar-refractivity contribution in [1.82, 2.24) is 0 Å². The van der Waals surface area contributed by atoms with E-state index in [1.165, 1.54) is 12.4 Å². The Balaban J connectivity index is 2.13. The second-order valence-electron chi connectivity index (χ2n) is 6.99. The predicted molar refractivity (Wildman–Crippen MR) is 118 cm³/mol. The zero-order valence-corrected chi connectivity index (χ0v) is 17.1. The topological polar surface area (TPSA) is 221 Å². The number of anilines is 2. The van der Waals surface area contributed by atoms with E-state index < -0.39 is 47.9 Å². The molecule has 0 bridgehead atoms. The van der Waals surface area contributed by atoms with Gasteiger partial charge in [-0.1, -0.05) is 0 Å². The van der Waals surface area contributed by atoms with Gasteiger partial charge < -0.3 is 0 Å². The number of rotatable bonds is 10. The monoisotopic (exact) mass is 460 g/mol. The molecule has 0 aliphatic carbocycles. The number of hydrazone groups is 2. The van der Waals surface area contributed by atoms with E-state index >= 15 is 0 Å². The van der Waals surface area contributed by atoms with Crippen LogP contribution in [0.4, 0.5) is 34.1 Å². The van der Waals surface area contributed by atoms with Crippen LogP contribution in [-0.2, 0) is 0 Å². The van der Waals surface area contributed by atoms with Gasteiger partial charge in [-0.2, -0.15) is 10.2 Å². The van der Waals surface area contributed by atoms with Gasteiger partial charge in [0.15, 0.2) is 0 Å². The van der Waals surface area contributed by atoms with Crippen LogP contribution in [0.3, 0.4) is 0 Å². The third kappa shape index (κ3) is 6.48. The van der Waals surface area contributed by atoms with Crippen molar-refractivity contribution >= 4 is 46.6 Å². The maximum Gasteiger partial charge on any atom is 0.301 e. The van der Waals surface area contributed by atoms with Gasteiger partial charge in [-0.25, -0.2) is 0 Å². The lowest BCUT2D eigenvalue weighted by Gasteiger charge is -2.12. The highest BCUT2D eigenvalue weighted by Crippen LogP contribution is 2.30. The van der Waals surface area contributed by atoms with Crippen LogP contribution in [0.15, 0.2) is 46.6 Å². The Morgan fingerprint density at radius 3 is 1.36 bits per heavy atom. The van der Waals surface area contributed by atoms with Crippen LogP contribution in [0.25, 0.3) is 0 Å². The molecule has 2 N–H and O–H groups in total. The number of non-ortho nitro benzene ring substituents is 2. The van der Waals surface area contributed by atoms with E-state index in [1.54, 1.807) is 13.8 Å². The molecule has 2 aromatic carbocycles. The minimum Gasteiger partial charge on any atom is -0.272 e. The van der Waals surface area contributed by atoms with Gasteiger partial charge in [0.05, 0.1) is 31.8 Å². The quantitative estimate of drug-likeness (QED) is 0.296. The summed E-state index contributed by atoms with van der Waals surface area (Å²) in [6.07, 6.45) is 2.65. The van der Waals surface area contributed by atoms with E-state index in [-0.39, 0.29) is 11.4 Å². The van der Waals surface area contributed by atoms with Gasteiger partial charge in [0.25, 0.3) is 11.4 Å². The molecule has 16 heteroatoms. The first kappa shape index (κ1) is 24.3. The summed E-state index contributed by atoms with van der Waals surface area (Å²) in [5.41, 5.74) is 1.88. The SMILES string of the molecule is CC(C)(/C=N/Nc1ccc([N+](=O)[O-])cc1[N+](=O)[O-])/C=N/Nc1ccc([N+](=O)[O-])cc1[N+](=O)[O-]. The van der Waals surface area contributed by atoms with Crippen molar-refractivity contribution in [1.29, 1.82) is 0 Å². The fraction of sp³-hybridized carbons (Fsp3) is 0.176. The summed E-state index contributed by atoms with van der Waals surface area (Å²) in [5, 5.41) is 51.6. The molecule has 0 aliphatic heterocycles. The molecular formula is C17H16N8O8. The summed E-state index contributed by atoms with van der Waals surface area (Å²) in [4.78, 5) is 40.7. The Labute approximate surface area is 184 Å². The Hall–Kier alpha value is -5.02. The lowest BCUT2D eigenvalue weighted by molar-refractivity contribution is -0.393. The standard InChI is InChI=1S/C17H16N8O8/c1-17(2,9-18-20-13-5-3-11(22(26)27)7-15(13)24(30)31)10-19-21-14-6-4-12(23(28)29)8-16(14)25(32)33/h3-10,20-21H,1-2H3/b18-9+,19-10+. The molecule has 0 amide bonds. The van der Waals surface area contributed by atoms with Gasteiger partial charge >= 0.3 is 11.4 Å². The van der Waals surface area contributed by atoms with E-state index in [0.29, 0.717) is 0 Å². The predicted octanol–water partition coefficient (Wildman–Crippen LogP) is 3.84. The van der Waals surface area contributed by atoms with Crippen LogP contribution in [0.1, 0.15) is 13.8 Å². The van der Waals surface area contributed by atoms with Crippen molar-refractivity contribution in [2.75, 3.05) is 10.9 Å². The van der Waals surface area contributed by atoms with Crippen LogP contribution in [0, 0.1) is 45.9 Å². The second kappa shape index (κ2) is 9.86. The second-order valence-corrected chi connectivity index (χ2v) is 6.99. The highest BCUT2D eigenvalue weighted by atomic mass is 16.6. The molecule has 0 heterocycles. The molecule has 33 heavy (non-hydrogen) atoms. The molecule has 2 aromatic rings. The first-order valence-electron chi connectivity index (χ1n) is 8.87. The third-order valence-corrected chi connectivity index (χ3v) is 3.94. The third-order valence-electron chi connectivity index (χ3n) is 3.94. The minimum atomic E-state index is -0.856. The molecule has 16 nitrogen and oxygen atoms in total. The van der Waals surface area contributed by atoms with Crippen LogP contribution < -0.4 is 10.9 Å². The molecule has 0 radical (unpaired) electrons. The first-order chi connectivity index (χ1) is 15.4. The summed E-state index contributed by atoms with van der Waals surface area (Å²) in [5.74, 6) is 0. The summed E-state index contributed by atoms with van der Waals surface area (Å²) in [6, 6.07) is 6.04. The molecule has 0 saturated heterocycles. The molecule has 0 aliphatic rings. The zero-order chi connectivity index (χ0) is 24.8. The lowest BCUT2D eigenvalue weighted by Crippen LogP contribution is -2.16. The van der Waals surface area contributed by atoms with Crippen LogP contribution in [0.5, 0.6) is 0 Å². The van der Waals surface area contributed by atoms with E-state index in [1.807, 2.05) is 0 Å². The fourth-order valence-corrected chi connectivity index (χ4v) is 2.33. The average Bonchev–Trinajstić information content (AvgIpc) is 2.73. The Morgan fingerprint density at radius 2 is 1.06 bits per heavy atom. The number of nitro benzene ring substituents is 4. The Bertz CT molecular complexity index is 1090. The van der Waals surface area contributed by atoms with E-state index in [4.69, 9.17) is 0 Å². The molecule has 172 valence electrons. The highest BCUT2D eigenvalue weighted by Gasteiger charge is 2.21. The van der Waals surface area contributed by atoms with Gasteiger partial charge in [0, 0.05) is 30.0 Å². The van der Waals surface area contributed by atoms with Crippen molar-refractivity contribution in [2.45, 2.75) is 13.8 Å². The van der Waals surface area contributed by atoms with E-state index in [9.17, 15) is 40.5 Å². The number of hydrogen-bond donors (Lipinski definition) is 2. The number of nitrogens with one attached hydrogen (secondary N) is 2. The maximum absolute atomic E-state index is 11.1. The molecule has 0 unspecified atom stereocenters.